The van der Waals surface area contributed by atoms with Crippen molar-refractivity contribution in [1.82, 2.24) is 9.80 Å². The van der Waals surface area contributed by atoms with Crippen molar-refractivity contribution in [1.29, 1.82) is 0 Å². The van der Waals surface area contributed by atoms with E-state index in [0.717, 1.165) is 39.3 Å². The average Bonchev–Trinajstić information content (AvgIpc) is 2.39. The number of rotatable bonds is 6. The van der Waals surface area contributed by atoms with E-state index in [1.54, 1.807) is 0 Å². The Labute approximate surface area is 121 Å². The molecular formula is C16H30N2Si. The highest BCUT2D eigenvalue weighted by Crippen LogP contribution is 1.97. The van der Waals surface area contributed by atoms with Gasteiger partial charge in [0, 0.05) is 0 Å². The van der Waals surface area contributed by atoms with E-state index in [-0.39, 0.29) is 0 Å². The minimum Gasteiger partial charge on any atom is -0.293 e. The van der Waals surface area contributed by atoms with Crippen LogP contribution >= 0.6 is 0 Å². The van der Waals surface area contributed by atoms with Crippen molar-refractivity contribution in [2.45, 2.75) is 40.8 Å². The molecule has 0 spiro atoms. The minimum atomic E-state index is -1.66. The summed E-state index contributed by atoms with van der Waals surface area (Å²) in [5.41, 5.74) is 6.85. The van der Waals surface area contributed by atoms with Crippen molar-refractivity contribution in [2.24, 2.45) is 0 Å². The van der Waals surface area contributed by atoms with Gasteiger partial charge in [0.1, 0.15) is 0 Å². The third-order valence-electron chi connectivity index (χ3n) is 3.20. The first kappa shape index (κ1) is 18.3. The summed E-state index contributed by atoms with van der Waals surface area (Å²) in [6, 6.07) is 0. The maximum Gasteiger partial charge on any atom is 0.210 e. The van der Waals surface area contributed by atoms with Crippen LogP contribution < -0.4 is 0 Å². The Morgan fingerprint density at radius 3 is 1.26 bits per heavy atom. The molecule has 0 aliphatic rings. The van der Waals surface area contributed by atoms with Crippen LogP contribution in [-0.2, 0) is 0 Å². The van der Waals surface area contributed by atoms with Gasteiger partial charge in [0.15, 0.2) is 0 Å². The molecule has 0 unspecified atom stereocenters. The van der Waals surface area contributed by atoms with Crippen LogP contribution in [0.1, 0.15) is 27.7 Å². The van der Waals surface area contributed by atoms with Crippen LogP contribution in [0.3, 0.4) is 0 Å². The van der Waals surface area contributed by atoms with Gasteiger partial charge in [-0.25, -0.2) is 0 Å². The Morgan fingerprint density at radius 1 is 0.684 bits per heavy atom. The lowest BCUT2D eigenvalue weighted by atomic mass is 10.5. The van der Waals surface area contributed by atoms with Crippen LogP contribution in [0.25, 0.3) is 0 Å². The minimum absolute atomic E-state index is 0.876. The van der Waals surface area contributed by atoms with E-state index in [0.29, 0.717) is 0 Å². The molecule has 2 nitrogen and oxygen atoms in total. The van der Waals surface area contributed by atoms with Crippen LogP contribution in [0.15, 0.2) is 0 Å². The normalized spacial score (nSPS) is 10.9. The molecule has 3 heteroatoms. The van der Waals surface area contributed by atoms with E-state index in [9.17, 15) is 0 Å². The summed E-state index contributed by atoms with van der Waals surface area (Å²) in [6.45, 7) is 19.2. The molecule has 0 aromatic rings. The van der Waals surface area contributed by atoms with E-state index in [1.807, 2.05) is 0 Å². The highest BCUT2D eigenvalue weighted by molar-refractivity contribution is 6.92. The predicted molar refractivity (Wildman–Crippen MR) is 88.6 cm³/mol. The summed E-state index contributed by atoms with van der Waals surface area (Å²) in [4.78, 5) is 4.67. The zero-order valence-corrected chi connectivity index (χ0v) is 14.6. The van der Waals surface area contributed by atoms with Gasteiger partial charge in [-0.05, 0) is 39.3 Å². The zero-order valence-electron chi connectivity index (χ0n) is 13.6. The number of hydrogen-bond acceptors (Lipinski definition) is 2. The number of hydrogen-bond donors (Lipinski definition) is 0. The molecule has 0 amide bonds. The molecule has 0 bridgehead atoms. The fourth-order valence-corrected chi connectivity index (χ4v) is 2.77. The summed E-state index contributed by atoms with van der Waals surface area (Å²) >= 11 is 0. The second kappa shape index (κ2) is 10.1. The molecule has 0 aromatic heterocycles. The zero-order chi connectivity index (χ0) is 14.7. The van der Waals surface area contributed by atoms with Crippen molar-refractivity contribution < 1.29 is 0 Å². The molecule has 0 heterocycles. The highest BCUT2D eigenvalue weighted by atomic mass is 28.3. The van der Waals surface area contributed by atoms with Crippen LogP contribution in [0.5, 0.6) is 0 Å². The Morgan fingerprint density at radius 2 is 1.00 bits per heavy atom. The van der Waals surface area contributed by atoms with Gasteiger partial charge in [0.25, 0.3) is 0 Å². The average molecular weight is 279 g/mol. The van der Waals surface area contributed by atoms with Crippen LogP contribution in [0.2, 0.25) is 13.1 Å². The maximum absolute atomic E-state index is 3.42. The molecule has 0 aliphatic heterocycles. The monoisotopic (exact) mass is 278 g/mol. The predicted octanol–water partition coefficient (Wildman–Crippen LogP) is 2.46. The van der Waals surface area contributed by atoms with E-state index >= 15 is 0 Å². The van der Waals surface area contributed by atoms with Gasteiger partial charge < -0.3 is 0 Å². The van der Waals surface area contributed by atoms with Gasteiger partial charge in [-0.1, -0.05) is 39.5 Å². The molecule has 108 valence electrons. The summed E-state index contributed by atoms with van der Waals surface area (Å²) in [5.74, 6) is 6.63. The van der Waals surface area contributed by atoms with Gasteiger partial charge >= 0.3 is 0 Å². The Hall–Kier alpha value is -0.743. The summed E-state index contributed by atoms with van der Waals surface area (Å²) < 4.78 is 0. The van der Waals surface area contributed by atoms with Crippen molar-refractivity contribution >= 4 is 8.07 Å². The summed E-state index contributed by atoms with van der Waals surface area (Å²) in [7, 11) is -1.66. The second-order valence-electron chi connectivity index (χ2n) is 5.15. The van der Waals surface area contributed by atoms with Crippen LogP contribution in [0, 0.1) is 22.9 Å². The van der Waals surface area contributed by atoms with Crippen LogP contribution in [0.4, 0.5) is 0 Å². The fourth-order valence-electron chi connectivity index (χ4n) is 1.67. The highest BCUT2D eigenvalue weighted by Gasteiger charge is 2.13. The molecule has 0 N–H and O–H groups in total. The van der Waals surface area contributed by atoms with Crippen molar-refractivity contribution in [3.05, 3.63) is 0 Å². The van der Waals surface area contributed by atoms with E-state index in [4.69, 9.17) is 0 Å². The van der Waals surface area contributed by atoms with E-state index in [1.165, 1.54) is 0 Å². The van der Waals surface area contributed by atoms with E-state index in [2.05, 4.69) is 73.5 Å². The van der Waals surface area contributed by atoms with Crippen molar-refractivity contribution in [3.63, 3.8) is 0 Å². The van der Waals surface area contributed by atoms with Gasteiger partial charge in [-0.2, -0.15) is 0 Å². The smallest absolute Gasteiger partial charge is 0.210 e. The Kier molecular flexibility index (Phi) is 9.70. The largest absolute Gasteiger partial charge is 0.293 e. The van der Waals surface area contributed by atoms with E-state index < -0.39 is 8.07 Å². The topological polar surface area (TPSA) is 6.48 Å². The van der Waals surface area contributed by atoms with Crippen molar-refractivity contribution in [3.8, 4) is 22.9 Å². The summed E-state index contributed by atoms with van der Waals surface area (Å²) in [6.07, 6.45) is 0. The standard InChI is InChI=1S/C16H30N2Si/c1-7-17(8-2)13-11-15-19(5,6)16-12-14-18(9-3)10-4/h7-10,13-14H2,1-6H3. The first-order valence-electron chi connectivity index (χ1n) is 7.43. The first-order valence-corrected chi connectivity index (χ1v) is 10.4. The Bertz CT molecular complexity index is 312. The molecule has 0 saturated carbocycles. The third-order valence-corrected chi connectivity index (χ3v) is 4.80. The second-order valence-corrected chi connectivity index (χ2v) is 8.90. The van der Waals surface area contributed by atoms with Gasteiger partial charge in [-0.3, -0.25) is 9.80 Å². The molecule has 0 aliphatic carbocycles. The lowest BCUT2D eigenvalue weighted by Gasteiger charge is -2.14. The third kappa shape index (κ3) is 8.89. The SMILES string of the molecule is CCN(CC)CC#C[Si](C)(C)C#CCN(CC)CC. The first-order chi connectivity index (χ1) is 8.99. The molecule has 0 fully saturated rings. The van der Waals surface area contributed by atoms with Gasteiger partial charge in [0.2, 0.25) is 8.07 Å². The molecule has 0 rings (SSSR count). The fraction of sp³-hybridized carbons (Fsp3) is 0.750. The molecule has 0 aromatic carbocycles. The quantitative estimate of drug-likeness (QED) is 0.544. The van der Waals surface area contributed by atoms with Gasteiger partial charge in [-0.15, -0.1) is 11.1 Å². The lowest BCUT2D eigenvalue weighted by Crippen LogP contribution is -2.26. The molecule has 0 radical (unpaired) electrons. The molecular weight excluding hydrogens is 248 g/mol. The molecule has 0 atom stereocenters. The number of nitrogens with zero attached hydrogens (tertiary/aromatic N) is 2. The lowest BCUT2D eigenvalue weighted by molar-refractivity contribution is 0.342. The van der Waals surface area contributed by atoms with Gasteiger partial charge in [0.05, 0.1) is 13.1 Å². The summed E-state index contributed by atoms with van der Waals surface area (Å²) in [5, 5.41) is 0. The molecule has 19 heavy (non-hydrogen) atoms. The Balaban J connectivity index is 4.39. The van der Waals surface area contributed by atoms with Crippen molar-refractivity contribution in [2.75, 3.05) is 39.3 Å². The van der Waals surface area contributed by atoms with Crippen LogP contribution in [-0.4, -0.2) is 57.1 Å². The maximum atomic E-state index is 3.42. The molecule has 0 saturated heterocycles.